The van der Waals surface area contributed by atoms with Gasteiger partial charge in [-0.2, -0.15) is 5.26 Å². The van der Waals surface area contributed by atoms with E-state index in [1.807, 2.05) is 24.3 Å². The summed E-state index contributed by atoms with van der Waals surface area (Å²) in [6.07, 6.45) is 4.38. The number of aromatic nitrogens is 3. The number of imidazole rings is 1. The first-order valence-corrected chi connectivity index (χ1v) is 14.8. The van der Waals surface area contributed by atoms with Crippen LogP contribution < -0.4 is 4.74 Å². The Kier molecular flexibility index (Phi) is 7.07. The molecule has 3 fully saturated rings. The lowest BCUT2D eigenvalue weighted by molar-refractivity contribution is -0.0592. The van der Waals surface area contributed by atoms with E-state index in [9.17, 15) is 14.3 Å². The molecule has 43 heavy (non-hydrogen) atoms. The van der Waals surface area contributed by atoms with Gasteiger partial charge in [0.15, 0.2) is 0 Å². The number of carboxylic acid groups (broad SMARTS) is 1. The van der Waals surface area contributed by atoms with Crippen LogP contribution in [0, 0.1) is 17.1 Å². The van der Waals surface area contributed by atoms with Crippen LogP contribution in [0.4, 0.5) is 4.39 Å². The summed E-state index contributed by atoms with van der Waals surface area (Å²) in [5, 5.41) is 18.6. The molecule has 4 heterocycles. The molecule has 0 radical (unpaired) electrons. The van der Waals surface area contributed by atoms with Gasteiger partial charge in [-0.15, -0.1) is 0 Å². The molecule has 7 rings (SSSR count). The van der Waals surface area contributed by atoms with Gasteiger partial charge in [-0.1, -0.05) is 12.1 Å². The minimum absolute atomic E-state index is 0.124. The van der Waals surface area contributed by atoms with Gasteiger partial charge in [0.1, 0.15) is 17.2 Å². The van der Waals surface area contributed by atoms with Crippen LogP contribution in [0.3, 0.4) is 0 Å². The first-order valence-electron chi connectivity index (χ1n) is 14.8. The molecule has 0 amide bonds. The van der Waals surface area contributed by atoms with Gasteiger partial charge in [-0.25, -0.2) is 19.2 Å². The van der Waals surface area contributed by atoms with Crippen molar-refractivity contribution in [3.05, 3.63) is 88.6 Å². The van der Waals surface area contributed by atoms with Gasteiger partial charge >= 0.3 is 5.97 Å². The normalized spacial score (nSPS) is 20.0. The van der Waals surface area contributed by atoms with E-state index in [0.29, 0.717) is 42.9 Å². The predicted molar refractivity (Wildman–Crippen MR) is 155 cm³/mol. The molecular formula is C33H32FN5O4. The number of rotatable bonds is 9. The third kappa shape index (κ3) is 5.46. The Morgan fingerprint density at radius 2 is 1.93 bits per heavy atom. The Balaban J connectivity index is 1.03. The number of likely N-dealkylation sites (tertiary alicyclic amines) is 1. The summed E-state index contributed by atoms with van der Waals surface area (Å²) in [6.45, 7) is 3.85. The van der Waals surface area contributed by atoms with Crippen molar-refractivity contribution in [1.29, 1.82) is 5.26 Å². The van der Waals surface area contributed by atoms with E-state index in [-0.39, 0.29) is 17.6 Å². The van der Waals surface area contributed by atoms with Gasteiger partial charge in [0.05, 0.1) is 47.4 Å². The zero-order valence-electron chi connectivity index (χ0n) is 23.7. The highest BCUT2D eigenvalue weighted by Gasteiger charge is 2.49. The average molecular weight is 582 g/mol. The lowest BCUT2D eigenvalue weighted by Gasteiger charge is -2.32. The Morgan fingerprint density at radius 3 is 2.60 bits per heavy atom. The highest BCUT2D eigenvalue weighted by molar-refractivity contribution is 5.92. The Bertz CT molecular complexity index is 1730. The fraction of sp³-hybridized carbons (Fsp3) is 0.394. The number of piperidine rings is 1. The molecule has 2 aliphatic heterocycles. The summed E-state index contributed by atoms with van der Waals surface area (Å²) in [6, 6.07) is 17.4. The van der Waals surface area contributed by atoms with Crippen LogP contribution in [0.15, 0.2) is 54.6 Å². The van der Waals surface area contributed by atoms with E-state index in [2.05, 4.69) is 9.47 Å². The molecule has 0 unspecified atom stereocenters. The SMILES string of the molecule is N#Cc1ccc(C2(Oc3cccc(C4CCN(Cc5nc6ccc(C(=O)O)cc6n5C[C@@H]5CCO5)CC4)n3)CC2)c(F)c1. The zero-order chi connectivity index (χ0) is 29.6. The van der Waals surface area contributed by atoms with Crippen molar-refractivity contribution >= 4 is 17.0 Å². The molecule has 9 nitrogen and oxygen atoms in total. The largest absolute Gasteiger partial charge is 0.478 e. The molecule has 1 aliphatic carbocycles. The highest BCUT2D eigenvalue weighted by atomic mass is 19.1. The fourth-order valence-corrected chi connectivity index (χ4v) is 6.26. The smallest absolute Gasteiger partial charge is 0.335 e. The second kappa shape index (κ2) is 11.1. The number of fused-ring (bicyclic) bond motifs is 1. The zero-order valence-corrected chi connectivity index (χ0v) is 23.7. The molecular weight excluding hydrogens is 549 g/mol. The van der Waals surface area contributed by atoms with Crippen LogP contribution in [0.1, 0.15) is 71.0 Å². The Hall–Kier alpha value is -4.33. The molecule has 1 N–H and O–H groups in total. The van der Waals surface area contributed by atoms with Crippen molar-refractivity contribution in [2.24, 2.45) is 0 Å². The molecule has 1 saturated carbocycles. The average Bonchev–Trinajstić information content (AvgIpc) is 3.68. The van der Waals surface area contributed by atoms with Crippen LogP contribution in [0.25, 0.3) is 11.0 Å². The maximum Gasteiger partial charge on any atom is 0.335 e. The number of hydrogen-bond donors (Lipinski definition) is 1. The van der Waals surface area contributed by atoms with Crippen LogP contribution in [-0.2, 0) is 23.4 Å². The van der Waals surface area contributed by atoms with Crippen molar-refractivity contribution in [3.8, 4) is 11.9 Å². The van der Waals surface area contributed by atoms with Crippen molar-refractivity contribution in [3.63, 3.8) is 0 Å². The predicted octanol–water partition coefficient (Wildman–Crippen LogP) is 5.38. The number of aromatic carboxylic acids is 1. The third-order valence-corrected chi connectivity index (χ3v) is 8.96. The summed E-state index contributed by atoms with van der Waals surface area (Å²) in [5.41, 5.74) is 2.89. The molecule has 3 aliphatic rings. The number of hydrogen-bond acceptors (Lipinski definition) is 7. The number of pyridine rings is 1. The molecule has 1 atom stereocenters. The number of nitrogens with zero attached hydrogens (tertiary/aromatic N) is 5. The van der Waals surface area contributed by atoms with E-state index in [1.165, 1.54) is 6.07 Å². The first-order chi connectivity index (χ1) is 20.9. The molecule has 0 bridgehead atoms. The number of nitriles is 1. The summed E-state index contributed by atoms with van der Waals surface area (Å²) in [7, 11) is 0. The van der Waals surface area contributed by atoms with Gasteiger partial charge in [0.25, 0.3) is 0 Å². The Morgan fingerprint density at radius 1 is 1.12 bits per heavy atom. The monoisotopic (exact) mass is 581 g/mol. The summed E-state index contributed by atoms with van der Waals surface area (Å²) >= 11 is 0. The van der Waals surface area contributed by atoms with Crippen LogP contribution in [-0.4, -0.2) is 56.3 Å². The molecule has 2 saturated heterocycles. The van der Waals surface area contributed by atoms with Crippen molar-refractivity contribution in [2.75, 3.05) is 19.7 Å². The lowest BCUT2D eigenvalue weighted by atomic mass is 9.93. The molecule has 4 aromatic rings. The second-order valence-electron chi connectivity index (χ2n) is 11.8. The summed E-state index contributed by atoms with van der Waals surface area (Å²) in [5.74, 6) is 0.326. The number of halogens is 1. The van der Waals surface area contributed by atoms with Gasteiger partial charge in [0.2, 0.25) is 5.88 Å². The van der Waals surface area contributed by atoms with Gasteiger partial charge in [-0.3, -0.25) is 4.90 Å². The summed E-state index contributed by atoms with van der Waals surface area (Å²) < 4.78 is 28.9. The summed E-state index contributed by atoms with van der Waals surface area (Å²) in [4.78, 5) is 23.7. The quantitative estimate of drug-likeness (QED) is 0.281. The van der Waals surface area contributed by atoms with E-state index in [1.54, 1.807) is 30.3 Å². The van der Waals surface area contributed by atoms with Crippen LogP contribution >= 0.6 is 0 Å². The maximum absolute atomic E-state index is 14.8. The van der Waals surface area contributed by atoms with E-state index >= 15 is 0 Å². The third-order valence-electron chi connectivity index (χ3n) is 8.96. The Labute approximate surface area is 248 Å². The van der Waals surface area contributed by atoms with Crippen LogP contribution in [0.5, 0.6) is 5.88 Å². The lowest BCUT2D eigenvalue weighted by Crippen LogP contribution is -2.35. The fourth-order valence-electron chi connectivity index (χ4n) is 6.26. The van der Waals surface area contributed by atoms with E-state index in [4.69, 9.17) is 24.7 Å². The van der Waals surface area contributed by atoms with E-state index in [0.717, 1.165) is 61.5 Å². The number of carbonyl (C=O) groups is 1. The van der Waals surface area contributed by atoms with E-state index < -0.39 is 17.4 Å². The number of carboxylic acids is 1. The minimum atomic E-state index is -0.949. The standard InChI is InChI=1S/C33H32FN5O4/c34-26-16-21(18-35)4-6-25(26)33(11-12-33)43-31-3-1-2-27(37-31)22-8-13-38(14-9-22)20-30-36-28-7-5-23(32(40)41)17-29(28)39(30)19-24-10-15-42-24/h1-7,16-17,22,24H,8-15,19-20H2,(H,40,41)/t24-/m0/s1. The van der Waals surface area contributed by atoms with Crippen molar-refractivity contribution in [2.45, 2.75) is 62.8 Å². The highest BCUT2D eigenvalue weighted by Crippen LogP contribution is 2.50. The molecule has 2 aromatic heterocycles. The van der Waals surface area contributed by atoms with Gasteiger partial charge < -0.3 is 19.1 Å². The maximum atomic E-state index is 14.8. The van der Waals surface area contributed by atoms with Gasteiger partial charge in [-0.05, 0) is 81.6 Å². The van der Waals surface area contributed by atoms with Crippen molar-refractivity contribution < 1.29 is 23.8 Å². The number of benzene rings is 2. The molecule has 220 valence electrons. The van der Waals surface area contributed by atoms with Crippen molar-refractivity contribution in [1.82, 2.24) is 19.4 Å². The topological polar surface area (TPSA) is 114 Å². The minimum Gasteiger partial charge on any atom is -0.478 e. The molecule has 10 heteroatoms. The van der Waals surface area contributed by atoms with Crippen LogP contribution in [0.2, 0.25) is 0 Å². The molecule has 0 spiro atoms. The second-order valence-corrected chi connectivity index (χ2v) is 11.8. The molecule has 2 aromatic carbocycles. The first kappa shape index (κ1) is 27.5. The van der Waals surface area contributed by atoms with Gasteiger partial charge in [0, 0.05) is 29.8 Å². The number of ether oxygens (including phenoxy) is 2.